The Morgan fingerprint density at radius 3 is 2.65 bits per heavy atom. The van der Waals surface area contributed by atoms with E-state index < -0.39 is 0 Å². The van der Waals surface area contributed by atoms with Crippen molar-refractivity contribution in [1.29, 1.82) is 0 Å². The van der Waals surface area contributed by atoms with Gasteiger partial charge < -0.3 is 10.1 Å². The van der Waals surface area contributed by atoms with Crippen LogP contribution < -0.4 is 10.1 Å². The number of hydrogen-bond acceptors (Lipinski definition) is 4. The molecule has 5 heteroatoms. The lowest BCUT2D eigenvalue weighted by molar-refractivity contribution is 0.326. The van der Waals surface area contributed by atoms with E-state index >= 15 is 0 Å². The second kappa shape index (κ2) is 6.05. The Hall–Kier alpha value is -1.03. The molecule has 0 radical (unpaired) electrons. The minimum Gasteiger partial charge on any atom is -0.478 e. The smallest absolute Gasteiger partial charge is 0.226 e. The predicted octanol–water partition coefficient (Wildman–Crippen LogP) is 3.00. The molecular weight excluding hydrogens is 238 g/mol. The van der Waals surface area contributed by atoms with Crippen molar-refractivity contribution in [1.82, 2.24) is 9.97 Å². The van der Waals surface area contributed by atoms with Crippen LogP contribution in [0, 0.1) is 6.92 Å². The van der Waals surface area contributed by atoms with E-state index in [0.717, 1.165) is 12.1 Å². The predicted molar refractivity (Wildman–Crippen MR) is 71.0 cm³/mol. The number of nitrogens with zero attached hydrogens (tertiary/aromatic N) is 2. The van der Waals surface area contributed by atoms with E-state index in [2.05, 4.69) is 22.2 Å². The molecule has 0 aromatic carbocycles. The van der Waals surface area contributed by atoms with Crippen molar-refractivity contribution in [2.75, 3.05) is 17.8 Å². The fraction of sp³-hybridized carbons (Fsp3) is 0.667. The molecule has 0 saturated carbocycles. The Morgan fingerprint density at radius 1 is 1.41 bits per heavy atom. The van der Waals surface area contributed by atoms with E-state index in [9.17, 15) is 0 Å². The Labute approximate surface area is 108 Å². The standard InChI is InChI=1S/C12H20ClN3O/c1-5-12(4,8-13)16-11-14-9(3)7-10(15-11)17-6-2/h7H,5-6,8H2,1-4H3,(H,14,15,16). The second-order valence-electron chi connectivity index (χ2n) is 4.28. The third-order valence-corrected chi connectivity index (χ3v) is 3.20. The van der Waals surface area contributed by atoms with Crippen LogP contribution in [0.5, 0.6) is 5.88 Å². The Bertz CT molecular complexity index is 367. The number of ether oxygens (including phenoxy) is 1. The van der Waals surface area contributed by atoms with Crippen LogP contribution in [0.3, 0.4) is 0 Å². The van der Waals surface area contributed by atoms with Gasteiger partial charge in [0.1, 0.15) is 0 Å². The number of rotatable bonds is 6. The first-order valence-corrected chi connectivity index (χ1v) is 6.39. The first kappa shape index (κ1) is 14.0. The van der Waals surface area contributed by atoms with E-state index in [1.54, 1.807) is 0 Å². The van der Waals surface area contributed by atoms with Gasteiger partial charge in [0.25, 0.3) is 0 Å². The first-order valence-electron chi connectivity index (χ1n) is 5.85. The van der Waals surface area contributed by atoms with Gasteiger partial charge in [0.05, 0.1) is 12.1 Å². The molecule has 0 spiro atoms. The fourth-order valence-corrected chi connectivity index (χ4v) is 1.56. The van der Waals surface area contributed by atoms with Crippen molar-refractivity contribution in [3.63, 3.8) is 0 Å². The minimum atomic E-state index is -0.196. The highest BCUT2D eigenvalue weighted by molar-refractivity contribution is 6.18. The lowest BCUT2D eigenvalue weighted by atomic mass is 10.0. The van der Waals surface area contributed by atoms with Crippen LogP contribution in [0.15, 0.2) is 6.07 Å². The molecule has 0 aliphatic carbocycles. The van der Waals surface area contributed by atoms with Gasteiger partial charge in [-0.15, -0.1) is 11.6 Å². The Morgan fingerprint density at radius 2 is 2.12 bits per heavy atom. The summed E-state index contributed by atoms with van der Waals surface area (Å²) >= 11 is 5.95. The summed E-state index contributed by atoms with van der Waals surface area (Å²) < 4.78 is 5.39. The third kappa shape index (κ3) is 4.04. The number of nitrogens with one attached hydrogen (secondary N) is 1. The van der Waals surface area contributed by atoms with Gasteiger partial charge in [-0.05, 0) is 27.2 Å². The molecule has 1 atom stereocenters. The summed E-state index contributed by atoms with van der Waals surface area (Å²) in [5, 5.41) is 3.26. The summed E-state index contributed by atoms with van der Waals surface area (Å²) in [4.78, 5) is 8.64. The number of hydrogen-bond donors (Lipinski definition) is 1. The molecule has 96 valence electrons. The van der Waals surface area contributed by atoms with Crippen molar-refractivity contribution >= 4 is 17.5 Å². The molecule has 1 unspecified atom stereocenters. The maximum atomic E-state index is 5.95. The lowest BCUT2D eigenvalue weighted by Crippen LogP contribution is -2.36. The summed E-state index contributed by atoms with van der Waals surface area (Å²) in [6.45, 7) is 8.57. The Kier molecular flexibility index (Phi) is 5.00. The molecule has 17 heavy (non-hydrogen) atoms. The summed E-state index contributed by atoms with van der Waals surface area (Å²) in [5.41, 5.74) is 0.678. The molecule has 1 heterocycles. The summed E-state index contributed by atoms with van der Waals surface area (Å²) in [7, 11) is 0. The van der Waals surface area contributed by atoms with Crippen molar-refractivity contribution in [3.8, 4) is 5.88 Å². The number of aromatic nitrogens is 2. The van der Waals surface area contributed by atoms with Crippen LogP contribution in [0.2, 0.25) is 0 Å². The monoisotopic (exact) mass is 257 g/mol. The van der Waals surface area contributed by atoms with E-state index in [-0.39, 0.29) is 5.54 Å². The number of alkyl halides is 1. The third-order valence-electron chi connectivity index (χ3n) is 2.61. The molecule has 0 bridgehead atoms. The van der Waals surface area contributed by atoms with Gasteiger partial charge in [-0.2, -0.15) is 4.98 Å². The van der Waals surface area contributed by atoms with Crippen molar-refractivity contribution < 1.29 is 4.74 Å². The molecule has 1 aromatic heterocycles. The van der Waals surface area contributed by atoms with Gasteiger partial charge in [-0.3, -0.25) is 0 Å². The Balaban J connectivity index is 2.90. The highest BCUT2D eigenvalue weighted by Crippen LogP contribution is 2.19. The van der Waals surface area contributed by atoms with Gasteiger partial charge in [-0.1, -0.05) is 6.92 Å². The molecule has 0 amide bonds. The maximum Gasteiger partial charge on any atom is 0.226 e. The number of aryl methyl sites for hydroxylation is 1. The quantitative estimate of drug-likeness (QED) is 0.796. The van der Waals surface area contributed by atoms with Crippen molar-refractivity contribution in [2.45, 2.75) is 39.7 Å². The molecular formula is C12H20ClN3O. The molecule has 1 rings (SSSR count). The largest absolute Gasteiger partial charge is 0.478 e. The normalized spacial score (nSPS) is 14.2. The van der Waals surface area contributed by atoms with Crippen LogP contribution in [0.25, 0.3) is 0 Å². The SMILES string of the molecule is CCOc1cc(C)nc(NC(C)(CC)CCl)n1. The lowest BCUT2D eigenvalue weighted by Gasteiger charge is -2.27. The molecule has 0 saturated heterocycles. The zero-order valence-corrected chi connectivity index (χ0v) is 11.6. The number of halogens is 1. The molecule has 1 aromatic rings. The highest BCUT2D eigenvalue weighted by Gasteiger charge is 2.21. The zero-order valence-electron chi connectivity index (χ0n) is 10.9. The van der Waals surface area contributed by atoms with E-state index in [4.69, 9.17) is 16.3 Å². The second-order valence-corrected chi connectivity index (χ2v) is 4.54. The fourth-order valence-electron chi connectivity index (χ4n) is 1.30. The van der Waals surface area contributed by atoms with Crippen molar-refractivity contribution in [2.24, 2.45) is 0 Å². The van der Waals surface area contributed by atoms with E-state index in [1.165, 1.54) is 0 Å². The zero-order chi connectivity index (χ0) is 12.9. The molecule has 0 fully saturated rings. The summed E-state index contributed by atoms with van der Waals surface area (Å²) in [5.74, 6) is 1.67. The van der Waals surface area contributed by atoms with Crippen LogP contribution in [0.1, 0.15) is 32.9 Å². The average Bonchev–Trinajstić information content (AvgIpc) is 2.28. The van der Waals surface area contributed by atoms with Gasteiger partial charge in [0.15, 0.2) is 0 Å². The first-order chi connectivity index (χ1) is 8.03. The summed E-state index contributed by atoms with van der Waals surface area (Å²) in [6.07, 6.45) is 0.901. The van der Waals surface area contributed by atoms with Crippen LogP contribution in [0.4, 0.5) is 5.95 Å². The molecule has 1 N–H and O–H groups in total. The average molecular weight is 258 g/mol. The molecule has 0 aliphatic rings. The molecule has 4 nitrogen and oxygen atoms in total. The van der Waals surface area contributed by atoms with Gasteiger partial charge in [0, 0.05) is 17.6 Å². The van der Waals surface area contributed by atoms with Gasteiger partial charge in [-0.25, -0.2) is 4.98 Å². The topological polar surface area (TPSA) is 47.0 Å². The molecule has 0 aliphatic heterocycles. The van der Waals surface area contributed by atoms with Crippen LogP contribution in [-0.2, 0) is 0 Å². The highest BCUT2D eigenvalue weighted by atomic mass is 35.5. The summed E-state index contributed by atoms with van der Waals surface area (Å²) in [6, 6.07) is 1.82. The van der Waals surface area contributed by atoms with E-state index in [1.807, 2.05) is 26.8 Å². The van der Waals surface area contributed by atoms with Gasteiger partial charge >= 0.3 is 0 Å². The minimum absolute atomic E-state index is 0.196. The van der Waals surface area contributed by atoms with E-state index in [0.29, 0.717) is 24.3 Å². The number of anilines is 1. The van der Waals surface area contributed by atoms with Crippen LogP contribution in [-0.4, -0.2) is 28.0 Å². The van der Waals surface area contributed by atoms with Gasteiger partial charge in [0.2, 0.25) is 11.8 Å². The van der Waals surface area contributed by atoms with Crippen LogP contribution >= 0.6 is 11.6 Å². The maximum absolute atomic E-state index is 5.95. The van der Waals surface area contributed by atoms with Crippen molar-refractivity contribution in [3.05, 3.63) is 11.8 Å².